The average Bonchev–Trinajstić information content (AvgIpc) is 2.64. The highest BCUT2D eigenvalue weighted by atomic mass is 32.2. The van der Waals surface area contributed by atoms with Gasteiger partial charge in [-0.3, -0.25) is 0 Å². The SMILES string of the molecule is Cc1ccc(N2CCCSCC2)c(CNC(C)(C)C)c1. The molecule has 20 heavy (non-hydrogen) atoms. The maximum atomic E-state index is 3.63. The Hall–Kier alpha value is -0.670. The van der Waals surface area contributed by atoms with Gasteiger partial charge in [0.15, 0.2) is 0 Å². The molecule has 1 heterocycles. The summed E-state index contributed by atoms with van der Waals surface area (Å²) in [5.74, 6) is 2.55. The lowest BCUT2D eigenvalue weighted by Gasteiger charge is -2.28. The summed E-state index contributed by atoms with van der Waals surface area (Å²) >= 11 is 2.08. The van der Waals surface area contributed by atoms with Crippen molar-refractivity contribution in [1.82, 2.24) is 5.32 Å². The van der Waals surface area contributed by atoms with Crippen molar-refractivity contribution in [1.29, 1.82) is 0 Å². The maximum absolute atomic E-state index is 3.63. The molecule has 0 bridgehead atoms. The van der Waals surface area contributed by atoms with Crippen molar-refractivity contribution >= 4 is 17.4 Å². The number of thioether (sulfide) groups is 1. The van der Waals surface area contributed by atoms with Crippen LogP contribution in [-0.2, 0) is 6.54 Å². The fourth-order valence-electron chi connectivity index (χ4n) is 2.51. The van der Waals surface area contributed by atoms with Crippen molar-refractivity contribution in [2.45, 2.75) is 46.2 Å². The molecule has 0 unspecified atom stereocenters. The highest BCUT2D eigenvalue weighted by Crippen LogP contribution is 2.25. The first-order valence-corrected chi connectivity index (χ1v) is 8.78. The monoisotopic (exact) mass is 292 g/mol. The van der Waals surface area contributed by atoms with Gasteiger partial charge < -0.3 is 10.2 Å². The molecule has 0 radical (unpaired) electrons. The van der Waals surface area contributed by atoms with Gasteiger partial charge in [-0.2, -0.15) is 11.8 Å². The molecule has 1 fully saturated rings. The van der Waals surface area contributed by atoms with Gasteiger partial charge in [-0.25, -0.2) is 0 Å². The quantitative estimate of drug-likeness (QED) is 0.911. The molecule has 0 amide bonds. The smallest absolute Gasteiger partial charge is 0.0412 e. The molecule has 2 nitrogen and oxygen atoms in total. The number of aryl methyl sites for hydroxylation is 1. The molecule has 1 aromatic rings. The molecular formula is C17H28N2S. The van der Waals surface area contributed by atoms with E-state index in [1.807, 2.05) is 0 Å². The van der Waals surface area contributed by atoms with Gasteiger partial charge in [0, 0.05) is 36.6 Å². The third-order valence-corrected chi connectivity index (χ3v) is 4.66. The van der Waals surface area contributed by atoms with Crippen LogP contribution in [0.2, 0.25) is 0 Å². The second kappa shape index (κ2) is 6.86. The van der Waals surface area contributed by atoms with Crippen molar-refractivity contribution in [2.24, 2.45) is 0 Å². The molecule has 3 heteroatoms. The summed E-state index contributed by atoms with van der Waals surface area (Å²) < 4.78 is 0. The topological polar surface area (TPSA) is 15.3 Å². The van der Waals surface area contributed by atoms with Crippen molar-refractivity contribution in [3.8, 4) is 0 Å². The Balaban J connectivity index is 2.18. The first kappa shape index (κ1) is 15.7. The fourth-order valence-corrected chi connectivity index (χ4v) is 3.40. The van der Waals surface area contributed by atoms with Crippen LogP contribution >= 0.6 is 11.8 Å². The molecule has 112 valence electrons. The number of hydrogen-bond acceptors (Lipinski definition) is 3. The third-order valence-electron chi connectivity index (χ3n) is 3.61. The Morgan fingerprint density at radius 3 is 2.75 bits per heavy atom. The number of benzene rings is 1. The van der Waals surface area contributed by atoms with E-state index in [1.165, 1.54) is 47.8 Å². The molecule has 1 aliphatic rings. The lowest BCUT2D eigenvalue weighted by molar-refractivity contribution is 0.424. The van der Waals surface area contributed by atoms with Crippen molar-refractivity contribution < 1.29 is 0 Å². The summed E-state index contributed by atoms with van der Waals surface area (Å²) in [5.41, 5.74) is 4.38. The zero-order valence-corrected chi connectivity index (χ0v) is 14.1. The van der Waals surface area contributed by atoms with Gasteiger partial charge in [0.2, 0.25) is 0 Å². The predicted molar refractivity (Wildman–Crippen MR) is 91.9 cm³/mol. The van der Waals surface area contributed by atoms with Crippen LogP contribution in [0.3, 0.4) is 0 Å². The number of rotatable bonds is 3. The Morgan fingerprint density at radius 2 is 2.00 bits per heavy atom. The van der Waals surface area contributed by atoms with E-state index >= 15 is 0 Å². The van der Waals surface area contributed by atoms with Gasteiger partial charge >= 0.3 is 0 Å². The molecule has 0 spiro atoms. The summed E-state index contributed by atoms with van der Waals surface area (Å²) in [7, 11) is 0. The Bertz CT molecular complexity index is 429. The highest BCUT2D eigenvalue weighted by Gasteiger charge is 2.15. The second-order valence-electron chi connectivity index (χ2n) is 6.69. The molecular weight excluding hydrogens is 264 g/mol. The second-order valence-corrected chi connectivity index (χ2v) is 7.91. The lowest BCUT2D eigenvalue weighted by atomic mass is 10.0. The number of hydrogen-bond donors (Lipinski definition) is 1. The number of anilines is 1. The van der Waals surface area contributed by atoms with Gasteiger partial charge in [-0.15, -0.1) is 0 Å². The summed E-state index contributed by atoms with van der Waals surface area (Å²) in [5, 5.41) is 3.63. The minimum Gasteiger partial charge on any atom is -0.370 e. The summed E-state index contributed by atoms with van der Waals surface area (Å²) in [4.78, 5) is 2.57. The number of nitrogens with zero attached hydrogens (tertiary/aromatic N) is 1. The van der Waals surface area contributed by atoms with Crippen LogP contribution in [0.25, 0.3) is 0 Å². The van der Waals surface area contributed by atoms with E-state index in [0.29, 0.717) is 0 Å². The van der Waals surface area contributed by atoms with Crippen LogP contribution < -0.4 is 10.2 Å². The molecule has 1 N–H and O–H groups in total. The summed E-state index contributed by atoms with van der Waals surface area (Å²) in [6.45, 7) is 12.2. The van der Waals surface area contributed by atoms with E-state index in [-0.39, 0.29) is 5.54 Å². The standard InChI is InChI=1S/C17H28N2S/c1-14-6-7-16(19-8-5-10-20-11-9-19)15(12-14)13-18-17(2,3)4/h6-7,12,18H,5,8-11,13H2,1-4H3. The first-order valence-electron chi connectivity index (χ1n) is 7.63. The predicted octanol–water partition coefficient (Wildman–Crippen LogP) is 3.83. The Labute approximate surface area is 128 Å². The van der Waals surface area contributed by atoms with E-state index in [2.05, 4.69) is 67.9 Å². The fraction of sp³-hybridized carbons (Fsp3) is 0.647. The molecule has 1 saturated heterocycles. The van der Waals surface area contributed by atoms with Crippen molar-refractivity contribution in [3.05, 3.63) is 29.3 Å². The average molecular weight is 292 g/mol. The molecule has 0 atom stereocenters. The van der Waals surface area contributed by atoms with Crippen LogP contribution in [0.15, 0.2) is 18.2 Å². The number of nitrogens with one attached hydrogen (secondary N) is 1. The van der Waals surface area contributed by atoms with E-state index in [9.17, 15) is 0 Å². The van der Waals surface area contributed by atoms with E-state index in [4.69, 9.17) is 0 Å². The van der Waals surface area contributed by atoms with E-state index < -0.39 is 0 Å². The lowest BCUT2D eigenvalue weighted by Crippen LogP contribution is -2.36. The van der Waals surface area contributed by atoms with Gasteiger partial charge in [0.25, 0.3) is 0 Å². The molecule has 0 aliphatic carbocycles. The van der Waals surface area contributed by atoms with Gasteiger partial charge in [0.1, 0.15) is 0 Å². The molecule has 1 aliphatic heterocycles. The third kappa shape index (κ3) is 4.71. The van der Waals surface area contributed by atoms with Crippen molar-refractivity contribution in [2.75, 3.05) is 29.5 Å². The van der Waals surface area contributed by atoms with Gasteiger partial charge in [-0.1, -0.05) is 17.7 Å². The van der Waals surface area contributed by atoms with Gasteiger partial charge in [-0.05, 0) is 51.5 Å². The van der Waals surface area contributed by atoms with Crippen LogP contribution in [0.4, 0.5) is 5.69 Å². The zero-order chi connectivity index (χ0) is 14.6. The molecule has 2 rings (SSSR count). The minimum absolute atomic E-state index is 0.162. The Morgan fingerprint density at radius 1 is 1.20 bits per heavy atom. The largest absolute Gasteiger partial charge is 0.370 e. The van der Waals surface area contributed by atoms with E-state index in [0.717, 1.165) is 6.54 Å². The van der Waals surface area contributed by atoms with Crippen LogP contribution in [0, 0.1) is 6.92 Å². The summed E-state index contributed by atoms with van der Waals surface area (Å²) in [6.07, 6.45) is 1.30. The first-order chi connectivity index (χ1) is 9.46. The molecule has 0 saturated carbocycles. The minimum atomic E-state index is 0.162. The maximum Gasteiger partial charge on any atom is 0.0412 e. The van der Waals surface area contributed by atoms with E-state index in [1.54, 1.807) is 0 Å². The van der Waals surface area contributed by atoms with Crippen molar-refractivity contribution in [3.63, 3.8) is 0 Å². The summed E-state index contributed by atoms with van der Waals surface area (Å²) in [6, 6.07) is 6.89. The highest BCUT2D eigenvalue weighted by molar-refractivity contribution is 7.99. The van der Waals surface area contributed by atoms with Gasteiger partial charge in [0.05, 0.1) is 0 Å². The normalized spacial score (nSPS) is 17.1. The molecule has 0 aromatic heterocycles. The van der Waals surface area contributed by atoms with Crippen LogP contribution in [0.1, 0.15) is 38.3 Å². The molecule has 1 aromatic carbocycles. The van der Waals surface area contributed by atoms with Crippen LogP contribution in [0.5, 0.6) is 0 Å². The zero-order valence-electron chi connectivity index (χ0n) is 13.3. The van der Waals surface area contributed by atoms with Crippen LogP contribution in [-0.4, -0.2) is 30.1 Å². The Kier molecular flexibility index (Phi) is 5.39.